The van der Waals surface area contributed by atoms with Gasteiger partial charge in [-0.05, 0) is 55.3 Å². The third kappa shape index (κ3) is 6.60. The number of piperidine rings is 1. The van der Waals surface area contributed by atoms with E-state index in [2.05, 4.69) is 48.3 Å². The maximum atomic E-state index is 15.1. The van der Waals surface area contributed by atoms with Crippen LogP contribution in [0.1, 0.15) is 24.8 Å². The van der Waals surface area contributed by atoms with E-state index in [1.165, 1.54) is 16.9 Å². The molecule has 4 aliphatic heterocycles. The number of rotatable bonds is 8. The molecule has 4 aliphatic rings. The van der Waals surface area contributed by atoms with E-state index in [-0.39, 0.29) is 23.8 Å². The van der Waals surface area contributed by atoms with Gasteiger partial charge in [-0.1, -0.05) is 0 Å². The van der Waals surface area contributed by atoms with Crippen LogP contribution < -0.4 is 15.0 Å². The first-order chi connectivity index (χ1) is 22.5. The van der Waals surface area contributed by atoms with Crippen LogP contribution in [0.15, 0.2) is 48.8 Å². The van der Waals surface area contributed by atoms with Crippen molar-refractivity contribution < 1.29 is 23.4 Å². The zero-order valence-electron chi connectivity index (χ0n) is 25.6. The van der Waals surface area contributed by atoms with Crippen molar-refractivity contribution in [3.63, 3.8) is 0 Å². The Labute approximate surface area is 267 Å². The minimum absolute atomic E-state index is 0.0553. The number of piperazine rings is 1. The molecule has 240 valence electrons. The van der Waals surface area contributed by atoms with Gasteiger partial charge in [-0.15, -0.1) is 0 Å². The number of nitrogens with zero attached hydrogens (tertiary/aromatic N) is 7. The van der Waals surface area contributed by atoms with E-state index >= 15 is 4.39 Å². The topological polar surface area (TPSA) is 129 Å². The first kappa shape index (κ1) is 30.3. The van der Waals surface area contributed by atoms with E-state index in [9.17, 15) is 10.1 Å². The Morgan fingerprint density at radius 2 is 1.87 bits per heavy atom. The molecule has 46 heavy (non-hydrogen) atoms. The molecule has 1 N–H and O–H groups in total. The number of halogens is 1. The van der Waals surface area contributed by atoms with Crippen molar-refractivity contribution in [2.75, 3.05) is 69.3 Å². The van der Waals surface area contributed by atoms with Gasteiger partial charge in [0, 0.05) is 62.7 Å². The molecule has 1 amide bonds. The number of anilines is 3. The Morgan fingerprint density at radius 3 is 2.57 bits per heavy atom. The Kier molecular flexibility index (Phi) is 8.91. The second kappa shape index (κ2) is 13.5. The molecule has 1 aromatic heterocycles. The number of amides is 1. The number of ether oxygens (including phenoxy) is 3. The van der Waals surface area contributed by atoms with E-state index in [0.29, 0.717) is 49.4 Å². The van der Waals surface area contributed by atoms with Crippen molar-refractivity contribution in [2.45, 2.75) is 43.7 Å². The minimum atomic E-state index is -1.38. The van der Waals surface area contributed by atoms with E-state index in [0.717, 1.165) is 51.5 Å². The summed E-state index contributed by atoms with van der Waals surface area (Å²) in [6, 6.07) is 15.9. The molecular formula is C33H37FN8O4. The lowest BCUT2D eigenvalue weighted by Gasteiger charge is -2.43. The summed E-state index contributed by atoms with van der Waals surface area (Å²) in [6.45, 7) is 6.63. The Hall–Kier alpha value is -4.38. The quantitative estimate of drug-likeness (QED) is 0.395. The maximum Gasteiger partial charge on any atom is 0.251 e. The Morgan fingerprint density at radius 1 is 1.04 bits per heavy atom. The molecule has 0 radical (unpaired) electrons. The van der Waals surface area contributed by atoms with Crippen LogP contribution in [0.25, 0.3) is 11.4 Å². The van der Waals surface area contributed by atoms with Crippen LogP contribution >= 0.6 is 0 Å². The van der Waals surface area contributed by atoms with Crippen LogP contribution in [0.3, 0.4) is 0 Å². The lowest BCUT2D eigenvalue weighted by Crippen LogP contribution is -2.56. The van der Waals surface area contributed by atoms with E-state index in [4.69, 9.17) is 14.2 Å². The van der Waals surface area contributed by atoms with Gasteiger partial charge in [-0.2, -0.15) is 10.2 Å². The molecule has 12 nitrogen and oxygen atoms in total. The third-order valence-electron chi connectivity index (χ3n) is 9.15. The summed E-state index contributed by atoms with van der Waals surface area (Å²) in [5, 5.41) is 13.1. The average Bonchev–Trinajstić information content (AvgIpc) is 3.61. The molecule has 3 aromatic rings. The number of aromatic nitrogens is 3. The predicted molar refractivity (Wildman–Crippen MR) is 168 cm³/mol. The first-order valence-electron chi connectivity index (χ1n) is 15.9. The van der Waals surface area contributed by atoms with Gasteiger partial charge in [0.05, 0.1) is 31.4 Å². The van der Waals surface area contributed by atoms with Gasteiger partial charge in [0.15, 0.2) is 12.0 Å². The molecular weight excluding hydrogens is 591 g/mol. The highest BCUT2D eigenvalue weighted by Gasteiger charge is 2.37. The number of benzene rings is 2. The molecule has 4 saturated heterocycles. The number of alkyl halides is 1. The normalized spacial score (nSPS) is 23.9. The van der Waals surface area contributed by atoms with Gasteiger partial charge >= 0.3 is 0 Å². The van der Waals surface area contributed by atoms with Crippen LogP contribution in [0.5, 0.6) is 5.75 Å². The number of nitriles is 1. The number of carbonyl (C=O) groups is 1. The van der Waals surface area contributed by atoms with Gasteiger partial charge in [-0.25, -0.2) is 14.4 Å². The average molecular weight is 629 g/mol. The summed E-state index contributed by atoms with van der Waals surface area (Å²) < 4.78 is 31.9. The molecule has 3 atom stereocenters. The predicted octanol–water partition coefficient (Wildman–Crippen LogP) is 3.17. The zero-order valence-corrected chi connectivity index (χ0v) is 25.6. The largest absolute Gasteiger partial charge is 0.486 e. The third-order valence-corrected chi connectivity index (χ3v) is 9.15. The van der Waals surface area contributed by atoms with Crippen LogP contribution in [-0.2, 0) is 14.3 Å². The highest BCUT2D eigenvalue weighted by atomic mass is 19.1. The van der Waals surface area contributed by atoms with Gasteiger partial charge in [0.1, 0.15) is 30.4 Å². The van der Waals surface area contributed by atoms with Gasteiger partial charge < -0.3 is 29.3 Å². The highest BCUT2D eigenvalue weighted by molar-refractivity contribution is 5.81. The zero-order chi connectivity index (χ0) is 31.5. The molecule has 13 heteroatoms. The molecule has 1 unspecified atom stereocenters. The molecule has 0 saturated carbocycles. The van der Waals surface area contributed by atoms with Crippen LogP contribution in [-0.4, -0.2) is 114 Å². The molecule has 2 aromatic carbocycles. The van der Waals surface area contributed by atoms with Crippen molar-refractivity contribution in [2.24, 2.45) is 0 Å². The second-order valence-corrected chi connectivity index (χ2v) is 12.1. The fraction of sp³-hybridized carbons (Fsp3) is 0.485. The highest BCUT2D eigenvalue weighted by Crippen LogP contribution is 2.29. The van der Waals surface area contributed by atoms with Gasteiger partial charge in [-0.3, -0.25) is 9.69 Å². The summed E-state index contributed by atoms with van der Waals surface area (Å²) in [5.74, 6) is 0.880. The van der Waals surface area contributed by atoms with E-state index in [1.54, 1.807) is 18.2 Å². The smallest absolute Gasteiger partial charge is 0.251 e. The standard InChI is InChI=1S/C33H37FN8O4/c34-27-18-42(32(43)30-2-1-15-45-30)10-9-29(27)46-28-8-3-22(16-23(28)17-35)31-36-21-37-33(39-31)38-24-4-6-25(7-5-24)40-11-13-41(14-12-40)26-19-44-20-26/h3-8,16,21,26-27,29-30H,1-2,9-15,18-20H2,(H,36,37,38,39)/t27-,29+,30?/m1/s1. The first-order valence-corrected chi connectivity index (χ1v) is 15.9. The van der Waals surface area contributed by atoms with Crippen LogP contribution in [0.2, 0.25) is 0 Å². The summed E-state index contributed by atoms with van der Waals surface area (Å²) in [5.41, 5.74) is 2.87. The molecule has 0 bridgehead atoms. The van der Waals surface area contributed by atoms with Gasteiger partial charge in [0.2, 0.25) is 5.95 Å². The number of hydrogen-bond donors (Lipinski definition) is 1. The van der Waals surface area contributed by atoms with E-state index < -0.39 is 18.4 Å². The van der Waals surface area contributed by atoms with Crippen molar-refractivity contribution >= 4 is 23.2 Å². The minimum Gasteiger partial charge on any atom is -0.486 e. The number of likely N-dealkylation sites (tertiary alicyclic amines) is 1. The number of hydrogen-bond acceptors (Lipinski definition) is 11. The summed E-state index contributed by atoms with van der Waals surface area (Å²) in [6.07, 6.45) is 0.634. The van der Waals surface area contributed by atoms with Crippen molar-refractivity contribution in [1.82, 2.24) is 24.8 Å². The van der Waals surface area contributed by atoms with Gasteiger partial charge in [0.25, 0.3) is 5.91 Å². The molecule has 7 rings (SSSR count). The van der Waals surface area contributed by atoms with Crippen LogP contribution in [0.4, 0.5) is 21.7 Å². The summed E-state index contributed by atoms with van der Waals surface area (Å²) in [4.78, 5) is 32.2. The second-order valence-electron chi connectivity index (χ2n) is 12.1. The number of carbonyl (C=O) groups excluding carboxylic acids is 1. The Bertz CT molecular complexity index is 1570. The SMILES string of the molecule is N#Cc1cc(-c2ncnc(Nc3ccc(N4CCN(C5COC5)CC4)cc3)n2)ccc1O[C@H]1CCN(C(=O)C2CCCO2)C[C@H]1F. The van der Waals surface area contributed by atoms with E-state index in [1.807, 2.05) is 12.1 Å². The maximum absolute atomic E-state index is 15.1. The monoisotopic (exact) mass is 628 g/mol. The molecule has 0 aliphatic carbocycles. The number of nitrogens with one attached hydrogen (secondary N) is 1. The fourth-order valence-corrected chi connectivity index (χ4v) is 6.37. The summed E-state index contributed by atoms with van der Waals surface area (Å²) in [7, 11) is 0. The van der Waals surface area contributed by atoms with Crippen molar-refractivity contribution in [1.29, 1.82) is 5.26 Å². The van der Waals surface area contributed by atoms with Crippen molar-refractivity contribution in [3.05, 3.63) is 54.4 Å². The Balaban J connectivity index is 0.960. The fourth-order valence-electron chi connectivity index (χ4n) is 6.37. The molecule has 5 heterocycles. The lowest BCUT2D eigenvalue weighted by atomic mass is 10.0. The molecule has 0 spiro atoms. The summed E-state index contributed by atoms with van der Waals surface area (Å²) >= 11 is 0. The molecule has 4 fully saturated rings. The lowest BCUT2D eigenvalue weighted by molar-refractivity contribution is -0.144. The van der Waals surface area contributed by atoms with Crippen molar-refractivity contribution in [3.8, 4) is 23.2 Å². The van der Waals surface area contributed by atoms with Crippen LogP contribution in [0, 0.1) is 11.3 Å².